The number of nitrogens with zero attached hydrogens (tertiary/aromatic N) is 1. The molecule has 6 heteroatoms. The number of hydrogen-bond donors (Lipinski definition) is 1. The second kappa shape index (κ2) is 8.59. The van der Waals surface area contributed by atoms with Gasteiger partial charge in [0.25, 0.3) is 0 Å². The van der Waals surface area contributed by atoms with Gasteiger partial charge < -0.3 is 19.5 Å². The Morgan fingerprint density at radius 1 is 1.52 bits per heavy atom. The van der Waals surface area contributed by atoms with Crippen molar-refractivity contribution >= 4 is 5.91 Å². The van der Waals surface area contributed by atoms with E-state index in [0.29, 0.717) is 32.1 Å². The van der Waals surface area contributed by atoms with E-state index in [9.17, 15) is 4.79 Å². The molecule has 0 radical (unpaired) electrons. The molecule has 1 saturated heterocycles. The number of rotatable bonds is 8. The second-order valence-electron chi connectivity index (χ2n) is 4.95. The Balaban J connectivity index is 1.56. The largest absolute Gasteiger partial charge is 0.481 e. The van der Waals surface area contributed by atoms with Crippen LogP contribution in [0.1, 0.15) is 24.8 Å². The molecule has 6 nitrogen and oxygen atoms in total. The predicted octanol–water partition coefficient (Wildman–Crippen LogP) is 1.29. The molecule has 1 aliphatic rings. The Bertz CT molecular complexity index is 430. The minimum atomic E-state index is -0.0295. The third kappa shape index (κ3) is 5.69. The Morgan fingerprint density at radius 2 is 2.43 bits per heavy atom. The average molecular weight is 294 g/mol. The monoisotopic (exact) mass is 294 g/mol. The Morgan fingerprint density at radius 3 is 3.10 bits per heavy atom. The van der Waals surface area contributed by atoms with Crippen LogP contribution in [0.5, 0.6) is 5.88 Å². The van der Waals surface area contributed by atoms with Crippen LogP contribution in [0.15, 0.2) is 18.3 Å². The van der Waals surface area contributed by atoms with Crippen LogP contribution in [0, 0.1) is 0 Å². The average Bonchev–Trinajstić information content (AvgIpc) is 3.03. The van der Waals surface area contributed by atoms with E-state index in [1.807, 2.05) is 6.07 Å². The molecule has 2 rings (SSSR count). The molecule has 1 aliphatic heterocycles. The van der Waals surface area contributed by atoms with Gasteiger partial charge >= 0.3 is 0 Å². The molecule has 1 aromatic rings. The number of nitrogens with one attached hydrogen (secondary N) is 1. The van der Waals surface area contributed by atoms with E-state index in [1.165, 1.54) is 0 Å². The zero-order chi connectivity index (χ0) is 14.9. The number of aromatic nitrogens is 1. The molecule has 0 saturated carbocycles. The maximum Gasteiger partial charge on any atom is 0.222 e. The van der Waals surface area contributed by atoms with Crippen LogP contribution in [0.25, 0.3) is 0 Å². The molecule has 1 N–H and O–H groups in total. The highest BCUT2D eigenvalue weighted by molar-refractivity contribution is 5.75. The van der Waals surface area contributed by atoms with Crippen molar-refractivity contribution < 1.29 is 19.0 Å². The van der Waals surface area contributed by atoms with Crippen LogP contribution in [-0.4, -0.2) is 43.9 Å². The highest BCUT2D eigenvalue weighted by Crippen LogP contribution is 2.11. The van der Waals surface area contributed by atoms with E-state index in [2.05, 4.69) is 10.3 Å². The number of hydrogen-bond acceptors (Lipinski definition) is 5. The fourth-order valence-corrected chi connectivity index (χ4v) is 2.08. The Labute approximate surface area is 124 Å². The third-order valence-corrected chi connectivity index (χ3v) is 3.30. The van der Waals surface area contributed by atoms with E-state index < -0.39 is 0 Å². The van der Waals surface area contributed by atoms with Gasteiger partial charge in [0.15, 0.2) is 0 Å². The SMILES string of the molecule is COc1ccc(CNC(=O)CCOC[C@H]2CCCO2)cn1. The van der Waals surface area contributed by atoms with Crippen molar-refractivity contribution in [1.29, 1.82) is 0 Å². The lowest BCUT2D eigenvalue weighted by Crippen LogP contribution is -2.24. The van der Waals surface area contributed by atoms with Crippen LogP contribution in [0.2, 0.25) is 0 Å². The second-order valence-corrected chi connectivity index (χ2v) is 4.95. The van der Waals surface area contributed by atoms with Gasteiger partial charge in [-0.1, -0.05) is 6.07 Å². The summed E-state index contributed by atoms with van der Waals surface area (Å²) in [5.41, 5.74) is 0.935. The minimum absolute atomic E-state index is 0.0295. The molecule has 1 aromatic heterocycles. The lowest BCUT2D eigenvalue weighted by molar-refractivity contribution is -0.122. The first kappa shape index (κ1) is 15.7. The molecule has 0 aromatic carbocycles. The van der Waals surface area contributed by atoms with Gasteiger partial charge in [-0.25, -0.2) is 4.98 Å². The summed E-state index contributed by atoms with van der Waals surface area (Å²) in [7, 11) is 1.57. The van der Waals surface area contributed by atoms with Crippen molar-refractivity contribution in [3.05, 3.63) is 23.9 Å². The van der Waals surface area contributed by atoms with Gasteiger partial charge in [0.2, 0.25) is 11.8 Å². The smallest absolute Gasteiger partial charge is 0.222 e. The van der Waals surface area contributed by atoms with Gasteiger partial charge in [0.05, 0.1) is 26.4 Å². The molecule has 21 heavy (non-hydrogen) atoms. The quantitative estimate of drug-likeness (QED) is 0.732. The highest BCUT2D eigenvalue weighted by Gasteiger charge is 2.15. The fraction of sp³-hybridized carbons (Fsp3) is 0.600. The molecular formula is C15H22N2O4. The van der Waals surface area contributed by atoms with Gasteiger partial charge in [0, 0.05) is 31.8 Å². The Hall–Kier alpha value is -1.66. The van der Waals surface area contributed by atoms with E-state index in [-0.39, 0.29) is 12.0 Å². The molecule has 0 aliphatic carbocycles. The van der Waals surface area contributed by atoms with E-state index in [1.54, 1.807) is 19.4 Å². The topological polar surface area (TPSA) is 69.7 Å². The van der Waals surface area contributed by atoms with E-state index in [4.69, 9.17) is 14.2 Å². The summed E-state index contributed by atoms with van der Waals surface area (Å²) >= 11 is 0. The van der Waals surface area contributed by atoms with Gasteiger partial charge in [-0.15, -0.1) is 0 Å². The maximum absolute atomic E-state index is 11.7. The van der Waals surface area contributed by atoms with Crippen molar-refractivity contribution in [2.75, 3.05) is 26.9 Å². The third-order valence-electron chi connectivity index (χ3n) is 3.30. The van der Waals surface area contributed by atoms with Crippen LogP contribution in [-0.2, 0) is 20.8 Å². The van der Waals surface area contributed by atoms with Crippen molar-refractivity contribution in [3.63, 3.8) is 0 Å². The van der Waals surface area contributed by atoms with Crippen LogP contribution in [0.3, 0.4) is 0 Å². The number of amides is 1. The maximum atomic E-state index is 11.7. The predicted molar refractivity (Wildman–Crippen MR) is 77.0 cm³/mol. The van der Waals surface area contributed by atoms with Crippen molar-refractivity contribution in [1.82, 2.24) is 10.3 Å². The van der Waals surface area contributed by atoms with Gasteiger partial charge in [0.1, 0.15) is 0 Å². The summed E-state index contributed by atoms with van der Waals surface area (Å²) in [6.07, 6.45) is 4.41. The van der Waals surface area contributed by atoms with Gasteiger partial charge in [-0.3, -0.25) is 4.79 Å². The Kier molecular flexibility index (Phi) is 6.43. The standard InChI is InChI=1S/C15H22N2O4/c1-19-15-5-4-12(10-17-15)9-16-14(18)6-8-20-11-13-3-2-7-21-13/h4-5,10,13H,2-3,6-9,11H2,1H3,(H,16,18)/t13-/m1/s1. The van der Waals surface area contributed by atoms with Crippen molar-refractivity contribution in [2.24, 2.45) is 0 Å². The minimum Gasteiger partial charge on any atom is -0.481 e. The van der Waals surface area contributed by atoms with Gasteiger partial charge in [-0.05, 0) is 18.4 Å². The van der Waals surface area contributed by atoms with Crippen molar-refractivity contribution in [2.45, 2.75) is 31.9 Å². The molecule has 2 heterocycles. The first-order chi connectivity index (χ1) is 10.3. The number of methoxy groups -OCH3 is 1. The zero-order valence-corrected chi connectivity index (χ0v) is 12.3. The van der Waals surface area contributed by atoms with Crippen LogP contribution in [0.4, 0.5) is 0 Å². The first-order valence-corrected chi connectivity index (χ1v) is 7.23. The summed E-state index contributed by atoms with van der Waals surface area (Å²) in [5.74, 6) is 0.533. The van der Waals surface area contributed by atoms with E-state index >= 15 is 0 Å². The van der Waals surface area contributed by atoms with Crippen LogP contribution >= 0.6 is 0 Å². The van der Waals surface area contributed by atoms with Gasteiger partial charge in [-0.2, -0.15) is 0 Å². The summed E-state index contributed by atoms with van der Waals surface area (Å²) in [5, 5.41) is 2.83. The number of carbonyl (C=O) groups is 1. The molecule has 116 valence electrons. The molecule has 0 unspecified atom stereocenters. The number of pyridine rings is 1. The summed E-state index contributed by atoms with van der Waals surface area (Å²) in [6, 6.07) is 3.65. The molecule has 1 fully saturated rings. The zero-order valence-electron chi connectivity index (χ0n) is 12.3. The summed E-state index contributed by atoms with van der Waals surface area (Å²) < 4.78 is 15.9. The summed E-state index contributed by atoms with van der Waals surface area (Å²) in [4.78, 5) is 15.8. The van der Waals surface area contributed by atoms with Crippen LogP contribution < -0.4 is 10.1 Å². The molecule has 1 atom stereocenters. The lowest BCUT2D eigenvalue weighted by atomic mass is 10.2. The lowest BCUT2D eigenvalue weighted by Gasteiger charge is -2.10. The first-order valence-electron chi connectivity index (χ1n) is 7.23. The molecular weight excluding hydrogens is 272 g/mol. The fourth-order valence-electron chi connectivity index (χ4n) is 2.08. The molecule has 0 bridgehead atoms. The molecule has 0 spiro atoms. The van der Waals surface area contributed by atoms with E-state index in [0.717, 1.165) is 25.0 Å². The van der Waals surface area contributed by atoms with Crippen molar-refractivity contribution in [3.8, 4) is 5.88 Å². The number of carbonyl (C=O) groups excluding carboxylic acids is 1. The number of ether oxygens (including phenoxy) is 3. The molecule has 1 amide bonds. The highest BCUT2D eigenvalue weighted by atomic mass is 16.5. The summed E-state index contributed by atoms with van der Waals surface area (Å²) in [6.45, 7) is 2.29. The normalized spacial score (nSPS) is 17.7.